The Bertz CT molecular complexity index is 445. The van der Waals surface area contributed by atoms with Crippen LogP contribution in [0, 0.1) is 13.8 Å². The highest BCUT2D eigenvalue weighted by atomic mass is 16.2. The van der Waals surface area contributed by atoms with Crippen LogP contribution in [0.1, 0.15) is 11.1 Å². The monoisotopic (exact) mass is 247 g/mol. The SMILES string of the molecule is CNCC1CN(c2cccc(C)c2C)CC(=O)N1. The normalized spacial score (nSPS) is 19.8. The lowest BCUT2D eigenvalue weighted by molar-refractivity contribution is -0.121. The van der Waals surface area contributed by atoms with Crippen LogP contribution in [0.15, 0.2) is 18.2 Å². The lowest BCUT2D eigenvalue weighted by Crippen LogP contribution is -2.57. The van der Waals surface area contributed by atoms with Crippen LogP contribution < -0.4 is 15.5 Å². The van der Waals surface area contributed by atoms with Gasteiger partial charge in [0, 0.05) is 18.8 Å². The van der Waals surface area contributed by atoms with Gasteiger partial charge in [0.1, 0.15) is 0 Å². The van der Waals surface area contributed by atoms with Crippen LogP contribution in [0.2, 0.25) is 0 Å². The van der Waals surface area contributed by atoms with Gasteiger partial charge in [-0.3, -0.25) is 4.79 Å². The van der Waals surface area contributed by atoms with E-state index in [0.717, 1.165) is 13.1 Å². The lowest BCUT2D eigenvalue weighted by Gasteiger charge is -2.35. The van der Waals surface area contributed by atoms with Gasteiger partial charge in [0.05, 0.1) is 12.6 Å². The molecule has 1 heterocycles. The first kappa shape index (κ1) is 12.9. The van der Waals surface area contributed by atoms with Gasteiger partial charge in [-0.15, -0.1) is 0 Å². The van der Waals surface area contributed by atoms with E-state index in [9.17, 15) is 4.79 Å². The standard InChI is InChI=1S/C14H21N3O/c1-10-5-4-6-13(11(10)2)17-8-12(7-15-3)16-14(18)9-17/h4-6,12,15H,7-9H2,1-3H3,(H,16,18). The van der Waals surface area contributed by atoms with Crippen molar-refractivity contribution in [3.8, 4) is 0 Å². The maximum atomic E-state index is 11.7. The highest BCUT2D eigenvalue weighted by Crippen LogP contribution is 2.23. The molecule has 0 aromatic heterocycles. The van der Waals surface area contributed by atoms with E-state index in [1.165, 1.54) is 16.8 Å². The molecule has 1 atom stereocenters. The van der Waals surface area contributed by atoms with Crippen molar-refractivity contribution >= 4 is 11.6 Å². The molecule has 0 spiro atoms. The first-order valence-corrected chi connectivity index (χ1v) is 6.37. The second-order valence-corrected chi connectivity index (χ2v) is 4.92. The highest BCUT2D eigenvalue weighted by molar-refractivity contribution is 5.83. The van der Waals surface area contributed by atoms with E-state index in [1.807, 2.05) is 7.05 Å². The topological polar surface area (TPSA) is 44.4 Å². The van der Waals surface area contributed by atoms with Gasteiger partial charge in [-0.05, 0) is 38.1 Å². The number of amides is 1. The molecule has 1 aliphatic rings. The number of rotatable bonds is 3. The summed E-state index contributed by atoms with van der Waals surface area (Å²) < 4.78 is 0. The fourth-order valence-electron chi connectivity index (χ4n) is 2.45. The predicted octanol–water partition coefficient (Wildman–Crippen LogP) is 0.828. The summed E-state index contributed by atoms with van der Waals surface area (Å²) in [6.45, 7) is 6.33. The molecule has 0 bridgehead atoms. The van der Waals surface area contributed by atoms with Crippen LogP contribution >= 0.6 is 0 Å². The summed E-state index contributed by atoms with van der Waals surface area (Å²) in [5.41, 5.74) is 3.70. The second-order valence-electron chi connectivity index (χ2n) is 4.92. The molecule has 0 saturated carbocycles. The largest absolute Gasteiger partial charge is 0.360 e. The number of piperazine rings is 1. The van der Waals surface area contributed by atoms with Gasteiger partial charge in [0.15, 0.2) is 0 Å². The summed E-state index contributed by atoms with van der Waals surface area (Å²) >= 11 is 0. The van der Waals surface area contributed by atoms with Gasteiger partial charge < -0.3 is 15.5 Å². The molecule has 1 amide bonds. The molecule has 1 fully saturated rings. The van der Waals surface area contributed by atoms with Crippen molar-refractivity contribution < 1.29 is 4.79 Å². The number of anilines is 1. The molecule has 1 unspecified atom stereocenters. The minimum absolute atomic E-state index is 0.0995. The van der Waals surface area contributed by atoms with Crippen molar-refractivity contribution in [3.05, 3.63) is 29.3 Å². The van der Waals surface area contributed by atoms with Crippen LogP contribution in [0.3, 0.4) is 0 Å². The van der Waals surface area contributed by atoms with Gasteiger partial charge >= 0.3 is 0 Å². The number of carbonyl (C=O) groups is 1. The van der Waals surface area contributed by atoms with Crippen molar-refractivity contribution in [2.75, 3.05) is 31.6 Å². The third-order valence-electron chi connectivity index (χ3n) is 3.51. The Hall–Kier alpha value is -1.55. The van der Waals surface area contributed by atoms with Gasteiger partial charge in [-0.25, -0.2) is 0 Å². The zero-order valence-electron chi connectivity index (χ0n) is 11.3. The number of hydrogen-bond acceptors (Lipinski definition) is 3. The number of benzene rings is 1. The van der Waals surface area contributed by atoms with E-state index in [2.05, 4.69) is 47.6 Å². The van der Waals surface area contributed by atoms with Crippen molar-refractivity contribution in [3.63, 3.8) is 0 Å². The van der Waals surface area contributed by atoms with E-state index in [4.69, 9.17) is 0 Å². The minimum Gasteiger partial charge on any atom is -0.360 e. The second kappa shape index (κ2) is 5.40. The maximum Gasteiger partial charge on any atom is 0.239 e. The Morgan fingerprint density at radius 1 is 1.44 bits per heavy atom. The fourth-order valence-corrected chi connectivity index (χ4v) is 2.45. The zero-order valence-corrected chi connectivity index (χ0v) is 11.3. The quantitative estimate of drug-likeness (QED) is 0.831. The number of nitrogens with one attached hydrogen (secondary N) is 2. The number of aryl methyl sites for hydroxylation is 1. The van der Waals surface area contributed by atoms with Gasteiger partial charge in [-0.2, -0.15) is 0 Å². The minimum atomic E-state index is 0.0995. The molecule has 1 saturated heterocycles. The molecule has 2 N–H and O–H groups in total. The Labute approximate surface area is 108 Å². The molecule has 0 aliphatic carbocycles. The highest BCUT2D eigenvalue weighted by Gasteiger charge is 2.25. The molecular formula is C14H21N3O. The van der Waals surface area contributed by atoms with E-state index in [1.54, 1.807) is 0 Å². The van der Waals surface area contributed by atoms with Crippen LogP contribution in [0.25, 0.3) is 0 Å². The molecule has 18 heavy (non-hydrogen) atoms. The summed E-state index contributed by atoms with van der Waals surface area (Å²) in [4.78, 5) is 13.9. The smallest absolute Gasteiger partial charge is 0.239 e. The number of carbonyl (C=O) groups excluding carboxylic acids is 1. The number of nitrogens with zero attached hydrogens (tertiary/aromatic N) is 1. The first-order valence-electron chi connectivity index (χ1n) is 6.37. The van der Waals surface area contributed by atoms with Crippen molar-refractivity contribution in [1.82, 2.24) is 10.6 Å². The molecule has 2 rings (SSSR count). The van der Waals surface area contributed by atoms with Crippen LogP contribution in [-0.4, -0.2) is 38.6 Å². The number of hydrogen-bond donors (Lipinski definition) is 2. The van der Waals surface area contributed by atoms with E-state index in [0.29, 0.717) is 6.54 Å². The summed E-state index contributed by atoms with van der Waals surface area (Å²) in [5.74, 6) is 0.0995. The average molecular weight is 247 g/mol. The summed E-state index contributed by atoms with van der Waals surface area (Å²) in [6.07, 6.45) is 0. The summed E-state index contributed by atoms with van der Waals surface area (Å²) in [7, 11) is 1.91. The summed E-state index contributed by atoms with van der Waals surface area (Å²) in [5, 5.41) is 6.12. The lowest BCUT2D eigenvalue weighted by atomic mass is 10.1. The first-order chi connectivity index (χ1) is 8.61. The Kier molecular flexibility index (Phi) is 3.87. The molecule has 98 valence electrons. The van der Waals surface area contributed by atoms with Gasteiger partial charge in [0.2, 0.25) is 5.91 Å². The van der Waals surface area contributed by atoms with Crippen molar-refractivity contribution in [1.29, 1.82) is 0 Å². The van der Waals surface area contributed by atoms with Crippen molar-refractivity contribution in [2.24, 2.45) is 0 Å². The molecule has 4 heteroatoms. The van der Waals surface area contributed by atoms with Crippen LogP contribution in [0.5, 0.6) is 0 Å². The molecule has 1 aromatic rings. The van der Waals surface area contributed by atoms with Crippen molar-refractivity contribution in [2.45, 2.75) is 19.9 Å². The number of likely N-dealkylation sites (N-methyl/N-ethyl adjacent to an activating group) is 1. The molecular weight excluding hydrogens is 226 g/mol. The third kappa shape index (κ3) is 2.64. The molecule has 1 aromatic carbocycles. The van der Waals surface area contributed by atoms with E-state index < -0.39 is 0 Å². The Balaban J connectivity index is 2.21. The Morgan fingerprint density at radius 3 is 2.94 bits per heavy atom. The summed E-state index contributed by atoms with van der Waals surface area (Å²) in [6, 6.07) is 6.43. The zero-order chi connectivity index (χ0) is 13.1. The van der Waals surface area contributed by atoms with Crippen LogP contribution in [-0.2, 0) is 4.79 Å². The van der Waals surface area contributed by atoms with Crippen LogP contribution in [0.4, 0.5) is 5.69 Å². The van der Waals surface area contributed by atoms with Gasteiger partial charge in [-0.1, -0.05) is 12.1 Å². The molecule has 4 nitrogen and oxygen atoms in total. The maximum absolute atomic E-state index is 11.7. The average Bonchev–Trinajstić information content (AvgIpc) is 2.32. The van der Waals surface area contributed by atoms with E-state index >= 15 is 0 Å². The predicted molar refractivity (Wildman–Crippen MR) is 74.0 cm³/mol. The van der Waals surface area contributed by atoms with Gasteiger partial charge in [0.25, 0.3) is 0 Å². The molecule has 1 aliphatic heterocycles. The Morgan fingerprint density at radius 2 is 2.22 bits per heavy atom. The molecule has 0 radical (unpaired) electrons. The fraction of sp³-hybridized carbons (Fsp3) is 0.500. The van der Waals surface area contributed by atoms with E-state index in [-0.39, 0.29) is 11.9 Å². The third-order valence-corrected chi connectivity index (χ3v) is 3.51.